The number of ether oxygens (including phenoxy) is 1. The van der Waals surface area contributed by atoms with E-state index in [-0.39, 0.29) is 24.1 Å². The number of rotatable bonds is 2. The van der Waals surface area contributed by atoms with Crippen molar-refractivity contribution in [2.24, 2.45) is 0 Å². The van der Waals surface area contributed by atoms with Crippen molar-refractivity contribution in [3.8, 4) is 5.75 Å². The van der Waals surface area contributed by atoms with E-state index in [9.17, 15) is 4.79 Å². The maximum atomic E-state index is 13.3. The third-order valence-corrected chi connectivity index (χ3v) is 5.28. The summed E-state index contributed by atoms with van der Waals surface area (Å²) in [6, 6.07) is 17.9. The summed E-state index contributed by atoms with van der Waals surface area (Å²) in [6.45, 7) is 3.08. The fraction of sp³-hybridized carbons (Fsp3) is 0.333. The van der Waals surface area contributed by atoms with Crippen molar-refractivity contribution in [2.45, 2.75) is 38.1 Å². The number of amides is 1. The Balaban J connectivity index is 1.63. The first-order valence-electron chi connectivity index (χ1n) is 9.25. The molecule has 0 aromatic heterocycles. The average molecular weight is 382 g/mol. The maximum Gasteiger partial charge on any atom is 0.245 e. The minimum absolute atomic E-state index is 0.0620. The molecule has 0 spiro atoms. The number of benzene rings is 2. The van der Waals surface area contributed by atoms with Crippen molar-refractivity contribution in [2.75, 3.05) is 6.54 Å². The highest BCUT2D eigenvalue weighted by Gasteiger charge is 2.34. The molecule has 6 heteroatoms. The highest BCUT2D eigenvalue weighted by atomic mass is 32.1. The SMILES string of the molecule is C[C@@H]1C[C@@H](C(=O)N2Cc3ccccc3OC(c3ccccc3)C2)NC(=S)N1. The largest absolute Gasteiger partial charge is 0.484 e. The Morgan fingerprint density at radius 1 is 1.11 bits per heavy atom. The van der Waals surface area contributed by atoms with E-state index in [1.807, 2.05) is 66.4 Å². The highest BCUT2D eigenvalue weighted by Crippen LogP contribution is 2.31. The molecule has 4 rings (SSSR count). The summed E-state index contributed by atoms with van der Waals surface area (Å²) >= 11 is 5.25. The molecule has 1 fully saturated rings. The van der Waals surface area contributed by atoms with E-state index in [2.05, 4.69) is 10.6 Å². The van der Waals surface area contributed by atoms with Gasteiger partial charge in [-0.15, -0.1) is 0 Å². The Bertz CT molecular complexity index is 842. The Hall–Kier alpha value is -2.60. The molecule has 2 aromatic rings. The summed E-state index contributed by atoms with van der Waals surface area (Å²) < 4.78 is 6.30. The van der Waals surface area contributed by atoms with Gasteiger partial charge in [0, 0.05) is 18.2 Å². The normalized spacial score (nSPS) is 24.7. The number of nitrogens with zero attached hydrogens (tertiary/aromatic N) is 1. The lowest BCUT2D eigenvalue weighted by atomic mass is 10.0. The number of carbonyl (C=O) groups excluding carboxylic acids is 1. The molecule has 2 N–H and O–H groups in total. The van der Waals surface area contributed by atoms with E-state index in [4.69, 9.17) is 17.0 Å². The number of nitrogens with one attached hydrogen (secondary N) is 2. The number of carbonyl (C=O) groups is 1. The van der Waals surface area contributed by atoms with Gasteiger partial charge in [-0.3, -0.25) is 4.79 Å². The molecule has 140 valence electrons. The van der Waals surface area contributed by atoms with Gasteiger partial charge >= 0.3 is 0 Å². The Morgan fingerprint density at radius 2 is 1.85 bits per heavy atom. The molecule has 0 bridgehead atoms. The summed E-state index contributed by atoms with van der Waals surface area (Å²) in [5.41, 5.74) is 2.09. The predicted molar refractivity (Wildman–Crippen MR) is 108 cm³/mol. The first kappa shape index (κ1) is 17.8. The lowest BCUT2D eigenvalue weighted by molar-refractivity contribution is -0.135. The van der Waals surface area contributed by atoms with Crippen LogP contribution in [0.15, 0.2) is 54.6 Å². The molecule has 27 heavy (non-hydrogen) atoms. The van der Waals surface area contributed by atoms with Gasteiger partial charge in [0.25, 0.3) is 0 Å². The van der Waals surface area contributed by atoms with Crippen molar-refractivity contribution in [3.63, 3.8) is 0 Å². The lowest BCUT2D eigenvalue weighted by Crippen LogP contribution is -2.59. The lowest BCUT2D eigenvalue weighted by Gasteiger charge is -2.34. The Kier molecular flexibility index (Phi) is 4.99. The van der Waals surface area contributed by atoms with E-state index in [1.54, 1.807) is 0 Å². The third-order valence-electron chi connectivity index (χ3n) is 5.04. The van der Waals surface area contributed by atoms with Gasteiger partial charge in [-0.2, -0.15) is 0 Å². The van der Waals surface area contributed by atoms with E-state index in [0.717, 1.165) is 16.9 Å². The van der Waals surface area contributed by atoms with Crippen molar-refractivity contribution < 1.29 is 9.53 Å². The van der Waals surface area contributed by atoms with Crippen LogP contribution in [0.2, 0.25) is 0 Å². The second-order valence-corrected chi connectivity index (χ2v) is 7.56. The van der Waals surface area contributed by atoms with Crippen LogP contribution in [-0.2, 0) is 11.3 Å². The van der Waals surface area contributed by atoms with Gasteiger partial charge in [-0.05, 0) is 37.2 Å². The van der Waals surface area contributed by atoms with Crippen molar-refractivity contribution in [1.82, 2.24) is 15.5 Å². The average Bonchev–Trinajstić information content (AvgIpc) is 2.87. The van der Waals surface area contributed by atoms with Gasteiger partial charge in [0.05, 0.1) is 6.54 Å². The zero-order chi connectivity index (χ0) is 18.8. The van der Waals surface area contributed by atoms with Crippen LogP contribution in [0.5, 0.6) is 5.75 Å². The minimum atomic E-state index is -0.310. The fourth-order valence-corrected chi connectivity index (χ4v) is 4.04. The standard InChI is InChI=1S/C21H23N3O2S/c1-14-11-17(23-21(27)22-14)20(25)24-12-16-9-5-6-10-18(16)26-19(13-24)15-7-3-2-4-8-15/h2-10,14,17,19H,11-13H2,1H3,(H2,22,23,27)/t14-,17+,19?/m1/s1. The molecule has 0 radical (unpaired) electrons. The number of thiocarbonyl (C=S) groups is 1. The molecule has 3 atom stereocenters. The Morgan fingerprint density at radius 3 is 2.63 bits per heavy atom. The van der Waals surface area contributed by atoms with E-state index < -0.39 is 0 Å². The predicted octanol–water partition coefficient (Wildman–Crippen LogP) is 2.77. The van der Waals surface area contributed by atoms with Crippen LogP contribution in [0, 0.1) is 0 Å². The van der Waals surface area contributed by atoms with Gasteiger partial charge in [-0.1, -0.05) is 48.5 Å². The van der Waals surface area contributed by atoms with Crippen LogP contribution in [0.4, 0.5) is 0 Å². The Labute approximate surface area is 164 Å². The zero-order valence-corrected chi connectivity index (χ0v) is 16.0. The van der Waals surface area contributed by atoms with Crippen LogP contribution in [0.25, 0.3) is 0 Å². The first-order chi connectivity index (χ1) is 13.1. The van der Waals surface area contributed by atoms with E-state index >= 15 is 0 Å². The number of hydrogen-bond donors (Lipinski definition) is 2. The minimum Gasteiger partial charge on any atom is -0.484 e. The van der Waals surface area contributed by atoms with Crippen LogP contribution in [-0.4, -0.2) is 34.5 Å². The smallest absolute Gasteiger partial charge is 0.245 e. The van der Waals surface area contributed by atoms with E-state index in [1.165, 1.54) is 0 Å². The number of fused-ring (bicyclic) bond motifs is 1. The molecule has 0 saturated carbocycles. The van der Waals surface area contributed by atoms with Crippen LogP contribution >= 0.6 is 12.2 Å². The summed E-state index contributed by atoms with van der Waals surface area (Å²) in [6.07, 6.45) is 0.499. The molecule has 2 aromatic carbocycles. The molecule has 5 nitrogen and oxygen atoms in total. The number of para-hydroxylation sites is 1. The summed E-state index contributed by atoms with van der Waals surface area (Å²) in [5, 5.41) is 6.83. The van der Waals surface area contributed by atoms with Crippen molar-refractivity contribution in [1.29, 1.82) is 0 Å². The highest BCUT2D eigenvalue weighted by molar-refractivity contribution is 7.80. The number of hydrogen-bond acceptors (Lipinski definition) is 3. The van der Waals surface area contributed by atoms with Crippen molar-refractivity contribution in [3.05, 3.63) is 65.7 Å². The molecule has 2 aliphatic rings. The summed E-state index contributed by atoms with van der Waals surface area (Å²) in [7, 11) is 0. The third kappa shape index (κ3) is 3.90. The second-order valence-electron chi connectivity index (χ2n) is 7.15. The van der Waals surface area contributed by atoms with Gasteiger partial charge in [0.2, 0.25) is 5.91 Å². The van der Waals surface area contributed by atoms with Gasteiger partial charge < -0.3 is 20.3 Å². The molecule has 2 heterocycles. The molecule has 2 aliphatic heterocycles. The van der Waals surface area contributed by atoms with Gasteiger partial charge in [0.1, 0.15) is 17.9 Å². The quantitative estimate of drug-likeness (QED) is 0.784. The zero-order valence-electron chi connectivity index (χ0n) is 15.2. The van der Waals surface area contributed by atoms with Crippen LogP contribution < -0.4 is 15.4 Å². The second kappa shape index (κ2) is 7.56. The fourth-order valence-electron chi connectivity index (χ4n) is 3.70. The molecule has 0 aliphatic carbocycles. The van der Waals surface area contributed by atoms with Crippen LogP contribution in [0.3, 0.4) is 0 Å². The van der Waals surface area contributed by atoms with Crippen LogP contribution in [0.1, 0.15) is 30.6 Å². The monoisotopic (exact) mass is 381 g/mol. The van der Waals surface area contributed by atoms with Gasteiger partial charge in [0.15, 0.2) is 5.11 Å². The summed E-state index contributed by atoms with van der Waals surface area (Å²) in [4.78, 5) is 15.2. The van der Waals surface area contributed by atoms with E-state index in [0.29, 0.717) is 24.6 Å². The summed E-state index contributed by atoms with van der Waals surface area (Å²) in [5.74, 6) is 0.899. The molecule has 1 saturated heterocycles. The molecule has 1 unspecified atom stereocenters. The van der Waals surface area contributed by atoms with Crippen molar-refractivity contribution >= 4 is 23.2 Å². The first-order valence-corrected chi connectivity index (χ1v) is 9.66. The molecule has 1 amide bonds. The maximum absolute atomic E-state index is 13.3. The van der Waals surface area contributed by atoms with Gasteiger partial charge in [-0.25, -0.2) is 0 Å². The topological polar surface area (TPSA) is 53.6 Å². The molecular weight excluding hydrogens is 358 g/mol. The molecular formula is C21H23N3O2S.